The topological polar surface area (TPSA) is 58.6 Å². The Morgan fingerprint density at radius 2 is 1.71 bits per heavy atom. The molecule has 0 heterocycles. The molecule has 0 saturated carbocycles. The van der Waals surface area contributed by atoms with Crippen LogP contribution in [-0.4, -0.2) is 25.5 Å². The molecule has 0 radical (unpaired) electrons. The van der Waals surface area contributed by atoms with Gasteiger partial charge in [-0.15, -0.1) is 0 Å². The van der Waals surface area contributed by atoms with Gasteiger partial charge in [-0.1, -0.05) is 18.2 Å². The van der Waals surface area contributed by atoms with Crippen LogP contribution in [0.1, 0.15) is 19.8 Å². The largest absolute Gasteiger partial charge is 0.494 e. The Labute approximate surface area is 142 Å². The van der Waals surface area contributed by atoms with Gasteiger partial charge in [-0.3, -0.25) is 9.59 Å². The molecule has 1 N–H and O–H groups in total. The minimum Gasteiger partial charge on any atom is -0.494 e. The number of anilines is 2. The van der Waals surface area contributed by atoms with Crippen molar-refractivity contribution in [3.8, 4) is 5.75 Å². The number of carbonyl (C=O) groups is 2. The van der Waals surface area contributed by atoms with Crippen LogP contribution in [-0.2, 0) is 9.59 Å². The fraction of sp³-hybridized carbons (Fsp3) is 0.263. The first-order chi connectivity index (χ1) is 11.6. The Morgan fingerprint density at radius 3 is 2.33 bits per heavy atom. The zero-order valence-electron chi connectivity index (χ0n) is 14.0. The fourth-order valence-electron chi connectivity index (χ4n) is 2.11. The molecule has 0 aromatic heterocycles. The quantitative estimate of drug-likeness (QED) is 0.793. The van der Waals surface area contributed by atoms with Gasteiger partial charge in [0, 0.05) is 31.8 Å². The van der Waals surface area contributed by atoms with Crippen LogP contribution in [0.2, 0.25) is 0 Å². The number of para-hydroxylation sites is 1. The minimum absolute atomic E-state index is 0.0369. The number of nitrogens with zero attached hydrogens (tertiary/aromatic N) is 1. The van der Waals surface area contributed by atoms with Crippen molar-refractivity contribution in [3.63, 3.8) is 0 Å². The van der Waals surface area contributed by atoms with Crippen molar-refractivity contribution in [2.45, 2.75) is 19.8 Å². The van der Waals surface area contributed by atoms with E-state index in [2.05, 4.69) is 5.32 Å². The van der Waals surface area contributed by atoms with Gasteiger partial charge >= 0.3 is 0 Å². The van der Waals surface area contributed by atoms with E-state index in [4.69, 9.17) is 4.74 Å². The van der Waals surface area contributed by atoms with Crippen molar-refractivity contribution >= 4 is 23.2 Å². The van der Waals surface area contributed by atoms with E-state index in [1.54, 1.807) is 36.2 Å². The average molecular weight is 326 g/mol. The molecule has 0 unspecified atom stereocenters. The number of rotatable bonds is 7. The lowest BCUT2D eigenvalue weighted by molar-refractivity contribution is -0.117. The lowest BCUT2D eigenvalue weighted by atomic mass is 10.2. The predicted molar refractivity (Wildman–Crippen MR) is 95.3 cm³/mol. The van der Waals surface area contributed by atoms with Gasteiger partial charge in [-0.05, 0) is 42.8 Å². The fourth-order valence-corrected chi connectivity index (χ4v) is 2.11. The molecule has 5 nitrogen and oxygen atoms in total. The molecule has 2 aromatic rings. The van der Waals surface area contributed by atoms with Crippen molar-refractivity contribution in [2.24, 2.45) is 0 Å². The van der Waals surface area contributed by atoms with Gasteiger partial charge < -0.3 is 15.0 Å². The summed E-state index contributed by atoms with van der Waals surface area (Å²) < 4.78 is 5.55. The third-order valence-electron chi connectivity index (χ3n) is 3.57. The summed E-state index contributed by atoms with van der Waals surface area (Å²) in [6, 6.07) is 16.7. The maximum atomic E-state index is 11.9. The number of nitrogens with one attached hydrogen (secondary N) is 1. The highest BCUT2D eigenvalue weighted by atomic mass is 16.5. The van der Waals surface area contributed by atoms with E-state index in [1.165, 1.54) is 6.92 Å². The van der Waals surface area contributed by atoms with Gasteiger partial charge in [-0.25, -0.2) is 0 Å². The van der Waals surface area contributed by atoms with Crippen LogP contribution in [0.3, 0.4) is 0 Å². The SMILES string of the molecule is CC(=O)N(C)c1ccc(NC(=O)CCCOc2ccccc2)cc1. The van der Waals surface area contributed by atoms with Gasteiger partial charge in [0.2, 0.25) is 11.8 Å². The summed E-state index contributed by atoms with van der Waals surface area (Å²) in [6.45, 7) is 2.01. The minimum atomic E-state index is -0.0562. The van der Waals surface area contributed by atoms with Gasteiger partial charge in [-0.2, -0.15) is 0 Å². The highest BCUT2D eigenvalue weighted by molar-refractivity contribution is 5.93. The number of ether oxygens (including phenoxy) is 1. The van der Waals surface area contributed by atoms with Crippen molar-refractivity contribution < 1.29 is 14.3 Å². The van der Waals surface area contributed by atoms with E-state index in [1.807, 2.05) is 30.3 Å². The zero-order chi connectivity index (χ0) is 17.4. The number of benzene rings is 2. The summed E-state index contributed by atoms with van der Waals surface area (Å²) in [5.41, 5.74) is 1.50. The Morgan fingerprint density at radius 1 is 1.04 bits per heavy atom. The predicted octanol–water partition coefficient (Wildman–Crippen LogP) is 3.47. The van der Waals surface area contributed by atoms with Crippen LogP contribution in [0, 0.1) is 0 Å². The molecule has 2 amide bonds. The Hall–Kier alpha value is -2.82. The number of hydrogen-bond donors (Lipinski definition) is 1. The summed E-state index contributed by atoms with van der Waals surface area (Å²) in [6.07, 6.45) is 1.04. The molecular weight excluding hydrogens is 304 g/mol. The molecule has 0 saturated heterocycles. The van der Waals surface area contributed by atoms with Crippen LogP contribution < -0.4 is 15.0 Å². The Bertz CT molecular complexity index is 669. The molecule has 126 valence electrons. The number of hydrogen-bond acceptors (Lipinski definition) is 3. The molecular formula is C19H22N2O3. The average Bonchev–Trinajstić information content (AvgIpc) is 2.59. The van der Waals surface area contributed by atoms with Gasteiger partial charge in [0.05, 0.1) is 6.61 Å². The summed E-state index contributed by atoms with van der Waals surface area (Å²) >= 11 is 0. The Balaban J connectivity index is 1.73. The molecule has 0 bridgehead atoms. The lowest BCUT2D eigenvalue weighted by Crippen LogP contribution is -2.22. The summed E-state index contributed by atoms with van der Waals surface area (Å²) in [4.78, 5) is 24.8. The molecule has 0 fully saturated rings. The Kier molecular flexibility index (Phi) is 6.37. The molecule has 2 rings (SSSR count). The lowest BCUT2D eigenvalue weighted by Gasteiger charge is -2.15. The maximum Gasteiger partial charge on any atom is 0.224 e. The molecule has 5 heteroatoms. The third kappa shape index (κ3) is 5.43. The second kappa shape index (κ2) is 8.72. The van der Waals surface area contributed by atoms with E-state index in [0.717, 1.165) is 11.4 Å². The maximum absolute atomic E-state index is 11.9. The smallest absolute Gasteiger partial charge is 0.224 e. The monoisotopic (exact) mass is 326 g/mol. The molecule has 2 aromatic carbocycles. The molecule has 0 atom stereocenters. The van der Waals surface area contributed by atoms with Crippen molar-refractivity contribution in [1.29, 1.82) is 0 Å². The van der Waals surface area contributed by atoms with Crippen LogP contribution in [0.5, 0.6) is 5.75 Å². The highest BCUT2D eigenvalue weighted by Crippen LogP contribution is 2.17. The van der Waals surface area contributed by atoms with Crippen molar-refractivity contribution in [3.05, 3.63) is 54.6 Å². The molecule has 24 heavy (non-hydrogen) atoms. The van der Waals surface area contributed by atoms with Gasteiger partial charge in [0.1, 0.15) is 5.75 Å². The van der Waals surface area contributed by atoms with E-state index in [-0.39, 0.29) is 11.8 Å². The normalized spacial score (nSPS) is 10.1. The van der Waals surface area contributed by atoms with Crippen LogP contribution in [0.4, 0.5) is 11.4 Å². The van der Waals surface area contributed by atoms with Crippen LogP contribution in [0.25, 0.3) is 0 Å². The molecule has 0 aliphatic carbocycles. The van der Waals surface area contributed by atoms with Crippen molar-refractivity contribution in [2.75, 3.05) is 23.9 Å². The summed E-state index contributed by atoms with van der Waals surface area (Å²) in [5, 5.41) is 2.84. The van der Waals surface area contributed by atoms with Crippen LogP contribution in [0.15, 0.2) is 54.6 Å². The number of carbonyl (C=O) groups excluding carboxylic acids is 2. The first-order valence-corrected chi connectivity index (χ1v) is 7.88. The van der Waals surface area contributed by atoms with Crippen molar-refractivity contribution in [1.82, 2.24) is 0 Å². The van der Waals surface area contributed by atoms with Crippen LogP contribution >= 0.6 is 0 Å². The highest BCUT2D eigenvalue weighted by Gasteiger charge is 2.06. The van der Waals surface area contributed by atoms with Gasteiger partial charge in [0.25, 0.3) is 0 Å². The van der Waals surface area contributed by atoms with E-state index < -0.39 is 0 Å². The third-order valence-corrected chi connectivity index (χ3v) is 3.57. The van der Waals surface area contributed by atoms with Gasteiger partial charge in [0.15, 0.2) is 0 Å². The summed E-state index contributed by atoms with van der Waals surface area (Å²) in [7, 11) is 1.71. The van der Waals surface area contributed by atoms with E-state index >= 15 is 0 Å². The van der Waals surface area contributed by atoms with E-state index in [9.17, 15) is 9.59 Å². The first-order valence-electron chi connectivity index (χ1n) is 7.88. The second-order valence-corrected chi connectivity index (χ2v) is 5.44. The molecule has 0 aliphatic rings. The van der Waals surface area contributed by atoms with E-state index in [0.29, 0.717) is 25.1 Å². The summed E-state index contributed by atoms with van der Waals surface area (Å²) in [5.74, 6) is 0.715. The first kappa shape index (κ1) is 17.5. The second-order valence-electron chi connectivity index (χ2n) is 5.44. The standard InChI is InChI=1S/C19H22N2O3/c1-15(22)21(2)17-12-10-16(11-13-17)20-19(23)9-6-14-24-18-7-4-3-5-8-18/h3-5,7-8,10-13H,6,9,14H2,1-2H3,(H,20,23). The zero-order valence-corrected chi connectivity index (χ0v) is 14.0. The number of amides is 2. The molecule has 0 aliphatic heterocycles. The molecule has 0 spiro atoms.